The Kier molecular flexibility index (Phi) is 1.53. The van der Waals surface area contributed by atoms with E-state index in [9.17, 15) is 0 Å². The second-order valence-electron chi connectivity index (χ2n) is 1.40. The first-order valence-corrected chi connectivity index (χ1v) is 3.69. The molecule has 0 aromatic carbocycles. The Morgan fingerprint density at radius 3 is 2.50 bits per heavy atom. The van der Waals surface area contributed by atoms with E-state index in [4.69, 9.17) is 5.73 Å². The average molecular weight is 193 g/mol. The third kappa shape index (κ3) is 1.00. The molecule has 0 atom stereocenters. The van der Waals surface area contributed by atoms with Gasteiger partial charge in [-0.3, -0.25) is 0 Å². The van der Waals surface area contributed by atoms with E-state index in [0.29, 0.717) is 5.13 Å². The van der Waals surface area contributed by atoms with Gasteiger partial charge in [-0.25, -0.2) is 4.98 Å². The van der Waals surface area contributed by atoms with Crippen LogP contribution in [0.15, 0.2) is 4.60 Å². The topological polar surface area (TPSA) is 38.9 Å². The highest BCUT2D eigenvalue weighted by Gasteiger charge is 1.98. The third-order valence-electron chi connectivity index (χ3n) is 0.757. The van der Waals surface area contributed by atoms with E-state index in [1.807, 2.05) is 6.92 Å². The Balaban J connectivity index is 3.14. The molecule has 0 aliphatic carbocycles. The van der Waals surface area contributed by atoms with Gasteiger partial charge < -0.3 is 5.73 Å². The molecule has 1 aromatic heterocycles. The van der Waals surface area contributed by atoms with Crippen molar-refractivity contribution in [2.75, 3.05) is 5.73 Å². The fraction of sp³-hybridized carbons (Fsp3) is 0.250. The minimum atomic E-state index is 0.620. The molecule has 0 aliphatic heterocycles. The lowest BCUT2D eigenvalue weighted by molar-refractivity contribution is 1.33. The minimum absolute atomic E-state index is 0.620. The normalized spacial score (nSPS) is 9.75. The summed E-state index contributed by atoms with van der Waals surface area (Å²) in [5, 5.41) is 0.620. The van der Waals surface area contributed by atoms with Crippen LogP contribution in [-0.2, 0) is 0 Å². The van der Waals surface area contributed by atoms with Gasteiger partial charge in [-0.1, -0.05) is 0 Å². The zero-order chi connectivity index (χ0) is 6.15. The minimum Gasteiger partial charge on any atom is -0.375 e. The molecule has 8 heavy (non-hydrogen) atoms. The average Bonchev–Trinajstić information content (AvgIpc) is 1.85. The second kappa shape index (κ2) is 2.03. The zero-order valence-electron chi connectivity index (χ0n) is 4.31. The number of anilines is 1. The van der Waals surface area contributed by atoms with Gasteiger partial charge in [0, 0.05) is 4.88 Å². The predicted octanol–water partition coefficient (Wildman–Crippen LogP) is 1.80. The van der Waals surface area contributed by atoms with Gasteiger partial charge in [-0.2, -0.15) is 0 Å². The van der Waals surface area contributed by atoms with E-state index in [1.54, 1.807) is 0 Å². The van der Waals surface area contributed by atoms with Crippen LogP contribution >= 0.6 is 27.3 Å². The molecule has 0 unspecified atom stereocenters. The fourth-order valence-corrected chi connectivity index (χ4v) is 1.53. The lowest BCUT2D eigenvalue weighted by Crippen LogP contribution is -1.78. The van der Waals surface area contributed by atoms with Crippen LogP contribution in [0.2, 0.25) is 0 Å². The standard InChI is InChI=1S/C4H5BrN2S/c1-2-3(5)7-4(6)8-2/h1H3,(H2,6,7). The smallest absolute Gasteiger partial charge is 0.181 e. The van der Waals surface area contributed by atoms with E-state index in [2.05, 4.69) is 20.9 Å². The van der Waals surface area contributed by atoms with Crippen molar-refractivity contribution in [1.82, 2.24) is 4.98 Å². The molecule has 2 nitrogen and oxygen atoms in total. The van der Waals surface area contributed by atoms with Gasteiger partial charge >= 0.3 is 0 Å². The number of aromatic nitrogens is 1. The monoisotopic (exact) mass is 192 g/mol. The number of nitrogens with two attached hydrogens (primary N) is 1. The first-order chi connectivity index (χ1) is 3.70. The van der Waals surface area contributed by atoms with E-state index in [1.165, 1.54) is 11.3 Å². The summed E-state index contributed by atoms with van der Waals surface area (Å²) in [5.41, 5.74) is 5.36. The van der Waals surface area contributed by atoms with Crippen molar-refractivity contribution in [3.8, 4) is 0 Å². The van der Waals surface area contributed by atoms with Crippen LogP contribution in [0.25, 0.3) is 0 Å². The van der Waals surface area contributed by atoms with Gasteiger partial charge in [0.1, 0.15) is 4.60 Å². The van der Waals surface area contributed by atoms with Gasteiger partial charge in [0.25, 0.3) is 0 Å². The number of hydrogen-bond donors (Lipinski definition) is 1. The Hall–Kier alpha value is -0.0900. The van der Waals surface area contributed by atoms with Gasteiger partial charge in [0.2, 0.25) is 0 Å². The van der Waals surface area contributed by atoms with Gasteiger partial charge in [-0.05, 0) is 22.9 Å². The van der Waals surface area contributed by atoms with Crippen LogP contribution in [0, 0.1) is 6.92 Å². The van der Waals surface area contributed by atoms with Crippen LogP contribution in [0.1, 0.15) is 4.88 Å². The SMILES string of the molecule is Cc1sc(N)nc1Br. The number of halogens is 1. The Labute approximate surface area is 59.9 Å². The number of hydrogen-bond acceptors (Lipinski definition) is 3. The molecule has 1 heterocycles. The predicted molar refractivity (Wildman–Crippen MR) is 39.0 cm³/mol. The maximum absolute atomic E-state index is 5.36. The number of rotatable bonds is 0. The molecule has 0 radical (unpaired) electrons. The molecule has 1 aromatic rings. The van der Waals surface area contributed by atoms with Crippen molar-refractivity contribution in [3.05, 3.63) is 9.48 Å². The summed E-state index contributed by atoms with van der Waals surface area (Å²) in [6, 6.07) is 0. The van der Waals surface area contributed by atoms with E-state index >= 15 is 0 Å². The van der Waals surface area contributed by atoms with E-state index in [0.717, 1.165) is 9.48 Å². The highest BCUT2D eigenvalue weighted by atomic mass is 79.9. The Bertz CT molecular complexity index is 176. The zero-order valence-corrected chi connectivity index (χ0v) is 6.71. The molecule has 4 heteroatoms. The van der Waals surface area contributed by atoms with Crippen molar-refractivity contribution in [2.45, 2.75) is 6.92 Å². The Morgan fingerprint density at radius 2 is 2.38 bits per heavy atom. The number of nitrogens with zero attached hydrogens (tertiary/aromatic N) is 1. The van der Waals surface area contributed by atoms with Crippen molar-refractivity contribution >= 4 is 32.4 Å². The summed E-state index contributed by atoms with van der Waals surface area (Å²) in [7, 11) is 0. The highest BCUT2D eigenvalue weighted by Crippen LogP contribution is 2.22. The molecular weight excluding hydrogens is 188 g/mol. The van der Waals surface area contributed by atoms with Crippen molar-refractivity contribution in [1.29, 1.82) is 0 Å². The number of nitrogen functional groups attached to an aromatic ring is 1. The summed E-state index contributed by atoms with van der Waals surface area (Å²) in [5.74, 6) is 0. The molecule has 1 rings (SSSR count). The summed E-state index contributed by atoms with van der Waals surface area (Å²) >= 11 is 4.72. The van der Waals surface area contributed by atoms with E-state index < -0.39 is 0 Å². The van der Waals surface area contributed by atoms with Crippen LogP contribution < -0.4 is 5.73 Å². The van der Waals surface area contributed by atoms with Crippen LogP contribution in [0.4, 0.5) is 5.13 Å². The molecule has 0 fully saturated rings. The molecule has 0 saturated carbocycles. The summed E-state index contributed by atoms with van der Waals surface area (Å²) in [4.78, 5) is 5.05. The maximum Gasteiger partial charge on any atom is 0.181 e. The first-order valence-electron chi connectivity index (χ1n) is 2.08. The molecule has 0 amide bonds. The number of aryl methyl sites for hydroxylation is 1. The molecular formula is C4H5BrN2S. The lowest BCUT2D eigenvalue weighted by atomic mass is 10.7. The largest absolute Gasteiger partial charge is 0.375 e. The fourth-order valence-electron chi connectivity index (χ4n) is 0.397. The lowest BCUT2D eigenvalue weighted by Gasteiger charge is -1.74. The van der Waals surface area contributed by atoms with Gasteiger partial charge in [0.15, 0.2) is 5.13 Å². The maximum atomic E-state index is 5.36. The van der Waals surface area contributed by atoms with Gasteiger partial charge in [0.05, 0.1) is 0 Å². The molecule has 0 aliphatic rings. The molecule has 0 spiro atoms. The summed E-state index contributed by atoms with van der Waals surface area (Å²) in [6.07, 6.45) is 0. The molecule has 0 saturated heterocycles. The van der Waals surface area contributed by atoms with Crippen LogP contribution in [-0.4, -0.2) is 4.98 Å². The summed E-state index contributed by atoms with van der Waals surface area (Å²) in [6.45, 7) is 1.97. The third-order valence-corrected chi connectivity index (χ3v) is 2.59. The first kappa shape index (κ1) is 6.04. The van der Waals surface area contributed by atoms with Crippen molar-refractivity contribution in [3.63, 3.8) is 0 Å². The second-order valence-corrected chi connectivity index (χ2v) is 3.39. The van der Waals surface area contributed by atoms with Crippen LogP contribution in [0.3, 0.4) is 0 Å². The number of thiazole rings is 1. The highest BCUT2D eigenvalue weighted by molar-refractivity contribution is 9.10. The molecule has 44 valence electrons. The van der Waals surface area contributed by atoms with Gasteiger partial charge in [-0.15, -0.1) is 11.3 Å². The molecule has 0 bridgehead atoms. The van der Waals surface area contributed by atoms with Crippen molar-refractivity contribution < 1.29 is 0 Å². The van der Waals surface area contributed by atoms with Crippen LogP contribution in [0.5, 0.6) is 0 Å². The molecule has 2 N–H and O–H groups in total. The Morgan fingerprint density at radius 1 is 1.75 bits per heavy atom. The summed E-state index contributed by atoms with van der Waals surface area (Å²) < 4.78 is 0.861. The van der Waals surface area contributed by atoms with E-state index in [-0.39, 0.29) is 0 Å². The quantitative estimate of drug-likeness (QED) is 0.682. The van der Waals surface area contributed by atoms with Crippen molar-refractivity contribution in [2.24, 2.45) is 0 Å².